The Hall–Kier alpha value is -1.41. The molecule has 2 rings (SSSR count). The van der Waals surface area contributed by atoms with Crippen LogP contribution >= 0.6 is 7.37 Å². The van der Waals surface area contributed by atoms with Gasteiger partial charge in [-0.3, -0.25) is 4.57 Å². The Kier molecular flexibility index (Phi) is 4.77. The van der Waals surface area contributed by atoms with Crippen molar-refractivity contribution >= 4 is 12.7 Å². The van der Waals surface area contributed by atoms with E-state index >= 15 is 0 Å². The molecule has 0 aliphatic heterocycles. The van der Waals surface area contributed by atoms with Gasteiger partial charge in [-0.25, -0.2) is 0 Å². The Morgan fingerprint density at radius 1 is 1.10 bits per heavy atom. The highest BCUT2D eigenvalue weighted by Crippen LogP contribution is 2.41. The van der Waals surface area contributed by atoms with E-state index in [1.54, 1.807) is 6.66 Å². The van der Waals surface area contributed by atoms with Crippen LogP contribution in [-0.4, -0.2) is 13.3 Å². The summed E-state index contributed by atoms with van der Waals surface area (Å²) in [6, 6.07) is 17.2. The fraction of sp³-hybridized carbons (Fsp3) is 0.250. The molecule has 0 saturated heterocycles. The second-order valence-electron chi connectivity index (χ2n) is 4.75. The van der Waals surface area contributed by atoms with Gasteiger partial charge in [0.05, 0.1) is 12.6 Å². The summed E-state index contributed by atoms with van der Waals surface area (Å²) < 4.78 is 17.8. The smallest absolute Gasteiger partial charge is 0.229 e. The lowest BCUT2D eigenvalue weighted by Gasteiger charge is -2.17. The molecule has 0 heterocycles. The number of nitrogens with two attached hydrogens (primary N) is 1. The summed E-state index contributed by atoms with van der Waals surface area (Å²) in [4.78, 5) is 0. The van der Waals surface area contributed by atoms with Crippen LogP contribution in [0.5, 0.6) is 0 Å². The molecule has 2 aromatic rings. The number of rotatable bonds is 5. The monoisotopic (exact) mass is 289 g/mol. The molecule has 0 spiro atoms. The quantitative estimate of drug-likeness (QED) is 0.859. The minimum absolute atomic E-state index is 0.224. The standard InChI is InChI=1S/C16H20NO2P/c1-3-19-20(2,18)15-11-7-10-14(12-15)16(17)13-8-5-4-6-9-13/h4-12,16H,3,17H2,1-2H3/t16-,20?/m1/s1. The molecule has 20 heavy (non-hydrogen) atoms. The third-order valence-electron chi connectivity index (χ3n) is 3.23. The zero-order valence-electron chi connectivity index (χ0n) is 11.8. The molecule has 0 fully saturated rings. The first-order valence-corrected chi connectivity index (χ1v) is 8.75. The van der Waals surface area contributed by atoms with E-state index in [2.05, 4.69) is 0 Å². The van der Waals surface area contributed by atoms with Crippen LogP contribution < -0.4 is 11.0 Å². The Bertz CT molecular complexity index is 613. The number of hydrogen-bond acceptors (Lipinski definition) is 3. The fourth-order valence-electron chi connectivity index (χ4n) is 2.14. The van der Waals surface area contributed by atoms with Gasteiger partial charge >= 0.3 is 0 Å². The van der Waals surface area contributed by atoms with Gasteiger partial charge in [0.25, 0.3) is 0 Å². The van der Waals surface area contributed by atoms with Gasteiger partial charge in [0, 0.05) is 12.0 Å². The van der Waals surface area contributed by atoms with Crippen molar-refractivity contribution in [3.8, 4) is 0 Å². The molecule has 3 nitrogen and oxygen atoms in total. The Balaban J connectivity index is 2.33. The first-order valence-electron chi connectivity index (χ1n) is 6.67. The second kappa shape index (κ2) is 6.36. The lowest BCUT2D eigenvalue weighted by atomic mass is 10.00. The predicted molar refractivity (Wildman–Crippen MR) is 83.7 cm³/mol. The second-order valence-corrected chi connectivity index (χ2v) is 7.21. The van der Waals surface area contributed by atoms with Crippen molar-refractivity contribution < 1.29 is 9.09 Å². The summed E-state index contributed by atoms with van der Waals surface area (Å²) in [7, 11) is -2.76. The van der Waals surface area contributed by atoms with Crippen LogP contribution in [0, 0.1) is 0 Å². The molecule has 2 N–H and O–H groups in total. The summed E-state index contributed by atoms with van der Waals surface area (Å²) in [5, 5.41) is 0.711. The Morgan fingerprint density at radius 2 is 1.75 bits per heavy atom. The van der Waals surface area contributed by atoms with Gasteiger partial charge in [-0.15, -0.1) is 0 Å². The van der Waals surface area contributed by atoms with E-state index in [0.717, 1.165) is 11.1 Å². The summed E-state index contributed by atoms with van der Waals surface area (Å²) in [5.74, 6) is 0. The maximum absolute atomic E-state index is 12.5. The SMILES string of the molecule is CCOP(C)(=O)c1cccc([C@H](N)c2ccccc2)c1. The average molecular weight is 289 g/mol. The van der Waals surface area contributed by atoms with Gasteiger partial charge < -0.3 is 10.3 Å². The Labute approximate surface area is 120 Å². The van der Waals surface area contributed by atoms with Crippen LogP contribution in [0.3, 0.4) is 0 Å². The fourth-order valence-corrected chi connectivity index (χ4v) is 3.53. The lowest BCUT2D eigenvalue weighted by molar-refractivity contribution is 0.345. The van der Waals surface area contributed by atoms with E-state index < -0.39 is 7.37 Å². The third kappa shape index (κ3) is 3.37. The minimum atomic E-state index is -2.76. The molecule has 2 aromatic carbocycles. The third-order valence-corrected chi connectivity index (χ3v) is 5.20. The van der Waals surface area contributed by atoms with Crippen LogP contribution in [0.2, 0.25) is 0 Å². The highest BCUT2D eigenvalue weighted by Gasteiger charge is 2.20. The van der Waals surface area contributed by atoms with E-state index in [-0.39, 0.29) is 6.04 Å². The molecule has 4 heteroatoms. The summed E-state index contributed by atoms with van der Waals surface area (Å²) in [6.45, 7) is 3.92. The molecule has 0 amide bonds. The normalized spacial score (nSPS) is 15.6. The zero-order valence-corrected chi connectivity index (χ0v) is 12.7. The average Bonchev–Trinajstić information content (AvgIpc) is 2.47. The topological polar surface area (TPSA) is 52.3 Å². The summed E-state index contributed by atoms with van der Waals surface area (Å²) in [6.07, 6.45) is 0. The molecule has 0 bridgehead atoms. The van der Waals surface area contributed by atoms with Crippen LogP contribution in [0.15, 0.2) is 54.6 Å². The van der Waals surface area contributed by atoms with Crippen molar-refractivity contribution in [1.29, 1.82) is 0 Å². The van der Waals surface area contributed by atoms with E-state index in [0.29, 0.717) is 11.9 Å². The number of benzene rings is 2. The van der Waals surface area contributed by atoms with Crippen LogP contribution in [0.1, 0.15) is 24.1 Å². The van der Waals surface area contributed by atoms with Gasteiger partial charge in [0.2, 0.25) is 7.37 Å². The molecule has 0 saturated carbocycles. The summed E-state index contributed by atoms with van der Waals surface area (Å²) >= 11 is 0. The van der Waals surface area contributed by atoms with Gasteiger partial charge in [-0.05, 0) is 30.2 Å². The van der Waals surface area contributed by atoms with Crippen LogP contribution in [0.25, 0.3) is 0 Å². The number of hydrogen-bond donors (Lipinski definition) is 1. The molecule has 0 aliphatic carbocycles. The van der Waals surface area contributed by atoms with E-state index in [4.69, 9.17) is 10.3 Å². The molecule has 106 valence electrons. The van der Waals surface area contributed by atoms with E-state index in [9.17, 15) is 4.57 Å². The minimum Gasteiger partial charge on any atom is -0.326 e. The molecule has 0 aliphatic rings. The first-order chi connectivity index (χ1) is 9.54. The first kappa shape index (κ1) is 15.0. The highest BCUT2D eigenvalue weighted by molar-refractivity contribution is 7.66. The van der Waals surface area contributed by atoms with Crippen molar-refractivity contribution in [3.63, 3.8) is 0 Å². The van der Waals surface area contributed by atoms with Crippen molar-refractivity contribution in [2.45, 2.75) is 13.0 Å². The predicted octanol–water partition coefficient (Wildman–Crippen LogP) is 3.30. The molecule has 2 atom stereocenters. The van der Waals surface area contributed by atoms with Crippen molar-refractivity contribution in [2.24, 2.45) is 5.73 Å². The Morgan fingerprint density at radius 3 is 2.40 bits per heavy atom. The van der Waals surface area contributed by atoms with E-state index in [1.807, 2.05) is 61.5 Å². The zero-order chi connectivity index (χ0) is 14.6. The van der Waals surface area contributed by atoms with Gasteiger partial charge in [-0.2, -0.15) is 0 Å². The molecule has 0 radical (unpaired) electrons. The van der Waals surface area contributed by atoms with Crippen molar-refractivity contribution in [3.05, 3.63) is 65.7 Å². The van der Waals surface area contributed by atoms with Crippen LogP contribution in [-0.2, 0) is 9.09 Å². The maximum atomic E-state index is 12.5. The van der Waals surface area contributed by atoms with Gasteiger partial charge in [0.1, 0.15) is 0 Å². The molecule has 0 aromatic heterocycles. The largest absolute Gasteiger partial charge is 0.326 e. The van der Waals surface area contributed by atoms with Crippen molar-refractivity contribution in [2.75, 3.05) is 13.3 Å². The molecular weight excluding hydrogens is 269 g/mol. The molecule has 1 unspecified atom stereocenters. The molecular formula is C16H20NO2P. The van der Waals surface area contributed by atoms with E-state index in [1.165, 1.54) is 0 Å². The van der Waals surface area contributed by atoms with Gasteiger partial charge in [0.15, 0.2) is 0 Å². The summed E-state index contributed by atoms with van der Waals surface area (Å²) in [5.41, 5.74) is 8.25. The highest BCUT2D eigenvalue weighted by atomic mass is 31.2. The van der Waals surface area contributed by atoms with Gasteiger partial charge in [-0.1, -0.05) is 42.5 Å². The van der Waals surface area contributed by atoms with Crippen LogP contribution in [0.4, 0.5) is 0 Å². The lowest BCUT2D eigenvalue weighted by Crippen LogP contribution is -2.15. The van der Waals surface area contributed by atoms with Crippen molar-refractivity contribution in [1.82, 2.24) is 0 Å². The maximum Gasteiger partial charge on any atom is 0.229 e.